The molecule has 5 heteroatoms. The van der Waals surface area contributed by atoms with Crippen LogP contribution in [0.15, 0.2) is 0 Å². The zero-order chi connectivity index (χ0) is 5.86. The van der Waals surface area contributed by atoms with Gasteiger partial charge in [0.2, 0.25) is 4.38 Å². The van der Waals surface area contributed by atoms with E-state index < -0.39 is 5.97 Å². The van der Waals surface area contributed by atoms with Crippen molar-refractivity contribution in [2.45, 2.75) is 6.92 Å². The summed E-state index contributed by atoms with van der Waals surface area (Å²) in [5.41, 5.74) is 0. The summed E-state index contributed by atoms with van der Waals surface area (Å²) >= 11 is 7.82. The SMILES string of the molecule is CC(=O)OC(=S)S.[H-].[Na+]. The molecule has 0 saturated heterocycles. The van der Waals surface area contributed by atoms with Gasteiger partial charge in [-0.3, -0.25) is 4.79 Å². The van der Waals surface area contributed by atoms with Gasteiger partial charge in [0.05, 0.1) is 0 Å². The Hall–Kier alpha value is 0.910. The Morgan fingerprint density at radius 3 is 2.25 bits per heavy atom. The van der Waals surface area contributed by atoms with E-state index in [-0.39, 0.29) is 35.4 Å². The molecule has 0 aromatic carbocycles. The van der Waals surface area contributed by atoms with Crippen molar-refractivity contribution in [3.63, 3.8) is 0 Å². The molecule has 2 nitrogen and oxygen atoms in total. The van der Waals surface area contributed by atoms with Crippen molar-refractivity contribution in [2.24, 2.45) is 0 Å². The minimum Gasteiger partial charge on any atom is -1.00 e. The van der Waals surface area contributed by atoms with Crippen LogP contribution >= 0.6 is 24.8 Å². The van der Waals surface area contributed by atoms with Gasteiger partial charge in [0.1, 0.15) is 0 Å². The Kier molecular flexibility index (Phi) is 8.81. The molecule has 0 aliphatic heterocycles. The zero-order valence-corrected chi connectivity index (χ0v) is 8.38. The second-order valence-corrected chi connectivity index (χ2v) is 1.94. The first-order valence-corrected chi connectivity index (χ1v) is 2.40. The van der Waals surface area contributed by atoms with Crippen molar-refractivity contribution in [1.82, 2.24) is 0 Å². The molecule has 0 atom stereocenters. The molecule has 0 aromatic rings. The molecule has 8 heavy (non-hydrogen) atoms. The Morgan fingerprint density at radius 2 is 2.25 bits per heavy atom. The zero-order valence-electron chi connectivity index (χ0n) is 5.67. The summed E-state index contributed by atoms with van der Waals surface area (Å²) in [7, 11) is 0. The van der Waals surface area contributed by atoms with E-state index >= 15 is 0 Å². The number of hydrogen-bond acceptors (Lipinski definition) is 3. The summed E-state index contributed by atoms with van der Waals surface area (Å²) in [6, 6.07) is 0. The van der Waals surface area contributed by atoms with Crippen molar-refractivity contribution in [1.29, 1.82) is 0 Å². The molecule has 0 aromatic heterocycles. The molecular weight excluding hydrogens is 155 g/mol. The van der Waals surface area contributed by atoms with Gasteiger partial charge in [0.15, 0.2) is 0 Å². The number of thiocarbonyl (C=S) groups is 1. The van der Waals surface area contributed by atoms with Crippen LogP contribution in [0, 0.1) is 0 Å². The quantitative estimate of drug-likeness (QED) is 0.190. The standard InChI is InChI=1S/C3H4O2S2.Na.H/c1-2(4)5-3(6)7;;/h1H3,(H,6,7);;/q;+1;-1. The van der Waals surface area contributed by atoms with Crippen molar-refractivity contribution in [3.05, 3.63) is 0 Å². The molecule has 0 heterocycles. The molecular formula is C3H5NaO2S2. The fourth-order valence-electron chi connectivity index (χ4n) is 0.123. The topological polar surface area (TPSA) is 26.3 Å². The van der Waals surface area contributed by atoms with Crippen LogP contribution in [0.3, 0.4) is 0 Å². The van der Waals surface area contributed by atoms with Gasteiger partial charge < -0.3 is 6.16 Å². The molecule has 0 saturated carbocycles. The van der Waals surface area contributed by atoms with Crippen LogP contribution < -0.4 is 29.6 Å². The number of esters is 1. The summed E-state index contributed by atoms with van der Waals surface area (Å²) in [5, 5.41) is 0. The Bertz CT molecular complexity index is 96.0. The summed E-state index contributed by atoms with van der Waals surface area (Å²) in [6.07, 6.45) is 0. The predicted octanol–water partition coefficient (Wildman–Crippen LogP) is -2.12. The van der Waals surface area contributed by atoms with E-state index in [1.54, 1.807) is 0 Å². The molecule has 0 unspecified atom stereocenters. The third kappa shape index (κ3) is 10.0. The number of hydrogen-bond donors (Lipinski definition) is 1. The fraction of sp³-hybridized carbons (Fsp3) is 0.333. The van der Waals surface area contributed by atoms with Gasteiger partial charge >= 0.3 is 35.5 Å². The molecule has 0 fully saturated rings. The van der Waals surface area contributed by atoms with E-state index in [2.05, 4.69) is 29.6 Å². The molecule has 42 valence electrons. The second kappa shape index (κ2) is 6.04. The predicted molar refractivity (Wildman–Crippen MR) is 34.5 cm³/mol. The molecule has 0 radical (unpaired) electrons. The average Bonchev–Trinajstić information content (AvgIpc) is 1.27. The Balaban J connectivity index is -0.000000180. The third-order valence-electron chi connectivity index (χ3n) is 0.231. The van der Waals surface area contributed by atoms with Crippen LogP contribution in [0.4, 0.5) is 0 Å². The van der Waals surface area contributed by atoms with E-state index in [9.17, 15) is 4.79 Å². The molecule has 0 rings (SSSR count). The number of carbonyl (C=O) groups excluding carboxylic acids is 1. The van der Waals surface area contributed by atoms with Crippen LogP contribution in [0.1, 0.15) is 8.35 Å². The van der Waals surface area contributed by atoms with Gasteiger partial charge in [-0.15, -0.1) is 0 Å². The molecule has 0 N–H and O–H groups in total. The molecule has 0 aliphatic carbocycles. The first kappa shape index (κ1) is 11.7. The van der Waals surface area contributed by atoms with Crippen molar-refractivity contribution >= 4 is 35.2 Å². The monoisotopic (exact) mass is 160 g/mol. The van der Waals surface area contributed by atoms with Crippen molar-refractivity contribution < 1.29 is 40.5 Å². The molecule has 0 amide bonds. The third-order valence-corrected chi connectivity index (χ3v) is 0.406. The maximum Gasteiger partial charge on any atom is 1.00 e. The van der Waals surface area contributed by atoms with Crippen LogP contribution in [-0.2, 0) is 9.53 Å². The molecule has 0 bridgehead atoms. The van der Waals surface area contributed by atoms with Crippen LogP contribution in [0.5, 0.6) is 0 Å². The van der Waals surface area contributed by atoms with E-state index in [0.717, 1.165) is 0 Å². The number of rotatable bonds is 0. The maximum absolute atomic E-state index is 9.90. The first-order valence-electron chi connectivity index (χ1n) is 1.54. The maximum atomic E-state index is 9.90. The number of ether oxygens (including phenoxy) is 1. The van der Waals surface area contributed by atoms with Gasteiger partial charge in [-0.05, 0) is 12.2 Å². The van der Waals surface area contributed by atoms with E-state index in [0.29, 0.717) is 0 Å². The Labute approximate surface area is 82.2 Å². The Morgan fingerprint density at radius 1 is 1.88 bits per heavy atom. The minimum atomic E-state index is -0.431. The summed E-state index contributed by atoms with van der Waals surface area (Å²) in [6.45, 7) is 1.27. The van der Waals surface area contributed by atoms with Gasteiger partial charge in [-0.25, -0.2) is 0 Å². The van der Waals surface area contributed by atoms with Gasteiger partial charge in [-0.2, -0.15) is 0 Å². The van der Waals surface area contributed by atoms with E-state index in [4.69, 9.17) is 0 Å². The van der Waals surface area contributed by atoms with Crippen LogP contribution in [-0.4, -0.2) is 10.4 Å². The normalized spacial score (nSPS) is 6.75. The smallest absolute Gasteiger partial charge is 1.00 e. The number of carbonyl (C=O) groups is 1. The van der Waals surface area contributed by atoms with Crippen LogP contribution in [0.2, 0.25) is 0 Å². The van der Waals surface area contributed by atoms with Crippen molar-refractivity contribution in [3.8, 4) is 0 Å². The fourth-order valence-corrected chi connectivity index (χ4v) is 0.369. The number of thiol groups is 1. The van der Waals surface area contributed by atoms with Gasteiger partial charge in [-0.1, -0.05) is 12.6 Å². The van der Waals surface area contributed by atoms with Gasteiger partial charge in [0, 0.05) is 6.92 Å². The summed E-state index contributed by atoms with van der Waals surface area (Å²) in [4.78, 5) is 9.90. The summed E-state index contributed by atoms with van der Waals surface area (Å²) in [5.74, 6) is -0.431. The minimum absolute atomic E-state index is 0. The largest absolute Gasteiger partial charge is 1.00 e. The summed E-state index contributed by atoms with van der Waals surface area (Å²) < 4.78 is 4.17. The van der Waals surface area contributed by atoms with Gasteiger partial charge in [0.25, 0.3) is 0 Å². The second-order valence-electron chi connectivity index (χ2n) is 0.860. The van der Waals surface area contributed by atoms with E-state index in [1.165, 1.54) is 6.92 Å². The average molecular weight is 160 g/mol. The molecule has 0 aliphatic rings. The molecule has 0 spiro atoms. The van der Waals surface area contributed by atoms with E-state index in [1.807, 2.05) is 0 Å². The van der Waals surface area contributed by atoms with Crippen LogP contribution in [0.25, 0.3) is 0 Å². The first-order chi connectivity index (χ1) is 3.13. The van der Waals surface area contributed by atoms with Crippen molar-refractivity contribution in [2.75, 3.05) is 0 Å².